The standard InChI is InChI=1S/C12H15Cl3O10/c13-1-6(18)23-10(9(21)5(17)4-16)11(24-7(19)2-14)12(22)25-8(20)3-15/h5,9-11,16-17,21H,1-4H2/t5-,9-,10+,11-/m1/s1. The van der Waals surface area contributed by atoms with Gasteiger partial charge in [0.05, 0.1) is 6.61 Å². The summed E-state index contributed by atoms with van der Waals surface area (Å²) in [5, 5.41) is 28.3. The third-order valence-electron chi connectivity index (χ3n) is 2.52. The van der Waals surface area contributed by atoms with Crippen LogP contribution in [-0.4, -0.2) is 87.9 Å². The highest BCUT2D eigenvalue weighted by molar-refractivity contribution is 6.27. The zero-order chi connectivity index (χ0) is 19.6. The topological polar surface area (TPSA) is 157 Å². The van der Waals surface area contributed by atoms with Crippen molar-refractivity contribution in [1.82, 2.24) is 0 Å². The molecule has 0 unspecified atom stereocenters. The maximum atomic E-state index is 12.0. The average molecular weight is 426 g/mol. The Hall–Kier alpha value is -1.17. The van der Waals surface area contributed by atoms with Gasteiger partial charge in [-0.25, -0.2) is 4.79 Å². The van der Waals surface area contributed by atoms with E-state index in [2.05, 4.69) is 14.2 Å². The molecule has 0 saturated carbocycles. The molecule has 13 heteroatoms. The number of carbonyl (C=O) groups excluding carboxylic acids is 4. The minimum Gasteiger partial charge on any atom is -0.454 e. The molecule has 0 rings (SSSR count). The van der Waals surface area contributed by atoms with Gasteiger partial charge in [-0.1, -0.05) is 0 Å². The molecule has 10 nitrogen and oxygen atoms in total. The summed E-state index contributed by atoms with van der Waals surface area (Å²) in [5.41, 5.74) is 0. The molecule has 25 heavy (non-hydrogen) atoms. The molecule has 0 aromatic carbocycles. The smallest absolute Gasteiger partial charge is 0.359 e. The second-order valence-electron chi connectivity index (χ2n) is 4.30. The van der Waals surface area contributed by atoms with Gasteiger partial charge < -0.3 is 29.5 Å². The summed E-state index contributed by atoms with van der Waals surface area (Å²) < 4.78 is 13.5. The van der Waals surface area contributed by atoms with Crippen LogP contribution in [0.3, 0.4) is 0 Å². The molecule has 0 spiro atoms. The van der Waals surface area contributed by atoms with E-state index in [1.807, 2.05) is 0 Å². The largest absolute Gasteiger partial charge is 0.454 e. The molecule has 0 aliphatic rings. The Balaban J connectivity index is 5.68. The highest BCUT2D eigenvalue weighted by Gasteiger charge is 2.44. The molecule has 0 aromatic rings. The molecule has 0 aliphatic carbocycles. The molecule has 4 atom stereocenters. The Morgan fingerprint density at radius 1 is 0.840 bits per heavy atom. The van der Waals surface area contributed by atoms with E-state index in [1.165, 1.54) is 0 Å². The van der Waals surface area contributed by atoms with Gasteiger partial charge in [0.1, 0.15) is 29.8 Å². The lowest BCUT2D eigenvalue weighted by molar-refractivity contribution is -0.195. The van der Waals surface area contributed by atoms with Gasteiger partial charge in [-0.05, 0) is 0 Å². The SMILES string of the molecule is O=C(CCl)OC(=O)[C@H](OC(=O)CCl)[C@@H](OC(=O)CCl)[C@H](O)[C@H](O)CO. The van der Waals surface area contributed by atoms with Crippen molar-refractivity contribution >= 4 is 58.7 Å². The Labute approximate surface area is 156 Å². The predicted molar refractivity (Wildman–Crippen MR) is 82.1 cm³/mol. The van der Waals surface area contributed by atoms with Crippen LogP contribution in [0.15, 0.2) is 0 Å². The van der Waals surface area contributed by atoms with Crippen molar-refractivity contribution in [2.24, 2.45) is 0 Å². The Bertz CT molecular complexity index is 486. The molecule has 0 bridgehead atoms. The molecule has 0 heterocycles. The van der Waals surface area contributed by atoms with E-state index in [0.29, 0.717) is 0 Å². The summed E-state index contributed by atoms with van der Waals surface area (Å²) in [6, 6.07) is 0. The zero-order valence-electron chi connectivity index (χ0n) is 12.5. The summed E-state index contributed by atoms with van der Waals surface area (Å²) in [7, 11) is 0. The lowest BCUT2D eigenvalue weighted by Crippen LogP contribution is -2.53. The highest BCUT2D eigenvalue weighted by Crippen LogP contribution is 2.16. The molecule has 0 fully saturated rings. The second kappa shape index (κ2) is 12.2. The molecule has 0 aromatic heterocycles. The van der Waals surface area contributed by atoms with Gasteiger partial charge in [-0.15, -0.1) is 34.8 Å². The number of carbonyl (C=O) groups is 4. The fraction of sp³-hybridized carbons (Fsp3) is 0.667. The van der Waals surface area contributed by atoms with Gasteiger partial charge in [0.15, 0.2) is 6.10 Å². The van der Waals surface area contributed by atoms with Crippen molar-refractivity contribution in [2.45, 2.75) is 24.4 Å². The first kappa shape index (κ1) is 23.8. The number of hydrogen-bond donors (Lipinski definition) is 3. The average Bonchev–Trinajstić information content (AvgIpc) is 2.62. The minimum absolute atomic E-state index is 0.718. The lowest BCUT2D eigenvalue weighted by atomic mass is 10.0. The first-order valence-electron chi connectivity index (χ1n) is 6.50. The fourth-order valence-electron chi connectivity index (χ4n) is 1.44. The second-order valence-corrected chi connectivity index (χ2v) is 5.10. The van der Waals surface area contributed by atoms with Crippen molar-refractivity contribution in [3.63, 3.8) is 0 Å². The Kier molecular flexibility index (Phi) is 11.7. The first-order chi connectivity index (χ1) is 11.7. The van der Waals surface area contributed by atoms with E-state index in [9.17, 15) is 29.4 Å². The van der Waals surface area contributed by atoms with E-state index in [-0.39, 0.29) is 0 Å². The van der Waals surface area contributed by atoms with Crippen LogP contribution < -0.4 is 0 Å². The summed E-state index contributed by atoms with van der Waals surface area (Å²) in [6.45, 7) is -0.998. The van der Waals surface area contributed by atoms with Gasteiger partial charge in [-0.3, -0.25) is 14.4 Å². The van der Waals surface area contributed by atoms with Crippen molar-refractivity contribution in [3.05, 3.63) is 0 Å². The fourth-order valence-corrected chi connectivity index (χ4v) is 1.62. The normalized spacial score (nSPS) is 15.4. The summed E-state index contributed by atoms with van der Waals surface area (Å²) in [6.07, 6.45) is -8.26. The van der Waals surface area contributed by atoms with E-state index >= 15 is 0 Å². The maximum Gasteiger partial charge on any atom is 0.359 e. The minimum atomic E-state index is -2.19. The molecule has 0 amide bonds. The van der Waals surface area contributed by atoms with Crippen LogP contribution in [0.5, 0.6) is 0 Å². The van der Waals surface area contributed by atoms with Crippen LogP contribution in [0.2, 0.25) is 0 Å². The van der Waals surface area contributed by atoms with Gasteiger partial charge in [0, 0.05) is 0 Å². The Morgan fingerprint density at radius 2 is 1.32 bits per heavy atom. The van der Waals surface area contributed by atoms with Crippen molar-refractivity contribution in [3.8, 4) is 0 Å². The number of esters is 4. The Morgan fingerprint density at radius 3 is 1.76 bits per heavy atom. The number of ether oxygens (including phenoxy) is 3. The summed E-state index contributed by atoms with van der Waals surface area (Å²) in [5.74, 6) is -7.32. The molecular formula is C12H15Cl3O10. The highest BCUT2D eigenvalue weighted by atomic mass is 35.5. The van der Waals surface area contributed by atoms with E-state index < -0.39 is 72.5 Å². The van der Waals surface area contributed by atoms with Gasteiger partial charge in [0.2, 0.25) is 6.10 Å². The van der Waals surface area contributed by atoms with Crippen molar-refractivity contribution in [1.29, 1.82) is 0 Å². The van der Waals surface area contributed by atoms with Crippen molar-refractivity contribution < 1.29 is 48.7 Å². The molecule has 0 aliphatic heterocycles. The quantitative estimate of drug-likeness (QED) is 0.160. The number of alkyl halides is 3. The summed E-state index contributed by atoms with van der Waals surface area (Å²) in [4.78, 5) is 45.9. The zero-order valence-corrected chi connectivity index (χ0v) is 14.7. The molecular weight excluding hydrogens is 410 g/mol. The van der Waals surface area contributed by atoms with Crippen LogP contribution >= 0.6 is 34.8 Å². The number of aliphatic hydroxyl groups excluding tert-OH is 3. The van der Waals surface area contributed by atoms with Crippen molar-refractivity contribution in [2.75, 3.05) is 24.2 Å². The van der Waals surface area contributed by atoms with Gasteiger partial charge >= 0.3 is 23.9 Å². The number of hydrogen-bond acceptors (Lipinski definition) is 10. The van der Waals surface area contributed by atoms with E-state index in [4.69, 9.17) is 39.9 Å². The number of rotatable bonds is 10. The van der Waals surface area contributed by atoms with Crippen LogP contribution in [0.4, 0.5) is 0 Å². The first-order valence-corrected chi connectivity index (χ1v) is 8.10. The maximum absolute atomic E-state index is 12.0. The van der Waals surface area contributed by atoms with Gasteiger partial charge in [-0.2, -0.15) is 0 Å². The number of aliphatic hydroxyl groups is 3. The monoisotopic (exact) mass is 424 g/mol. The lowest BCUT2D eigenvalue weighted by Gasteiger charge is -2.30. The summed E-state index contributed by atoms with van der Waals surface area (Å²) >= 11 is 15.7. The van der Waals surface area contributed by atoms with E-state index in [1.54, 1.807) is 0 Å². The van der Waals surface area contributed by atoms with Crippen LogP contribution in [0, 0.1) is 0 Å². The van der Waals surface area contributed by atoms with Crippen LogP contribution in [-0.2, 0) is 33.4 Å². The molecule has 0 saturated heterocycles. The molecule has 0 radical (unpaired) electrons. The van der Waals surface area contributed by atoms with E-state index in [0.717, 1.165) is 0 Å². The third kappa shape index (κ3) is 8.17. The van der Waals surface area contributed by atoms with Gasteiger partial charge in [0.25, 0.3) is 0 Å². The molecule has 3 N–H and O–H groups in total. The third-order valence-corrected chi connectivity index (χ3v) is 3.17. The predicted octanol–water partition coefficient (Wildman–Crippen LogP) is -1.69. The molecule has 144 valence electrons. The van der Waals surface area contributed by atoms with Crippen LogP contribution in [0.1, 0.15) is 0 Å². The number of halogens is 3. The van der Waals surface area contributed by atoms with Crippen LogP contribution in [0.25, 0.3) is 0 Å².